The molecule has 2 aromatic rings. The zero-order valence-corrected chi connectivity index (χ0v) is 17.1. The minimum absolute atomic E-state index is 0.0211. The Morgan fingerprint density at radius 2 is 1.07 bits per heavy atom. The molecule has 0 radical (unpaired) electrons. The Bertz CT molecular complexity index is 853. The van der Waals surface area contributed by atoms with Gasteiger partial charge in [0.05, 0.1) is 11.5 Å². The summed E-state index contributed by atoms with van der Waals surface area (Å²) < 4.78 is 35.1. The summed E-state index contributed by atoms with van der Waals surface area (Å²) in [5.41, 5.74) is 1.28. The Labute approximate surface area is 170 Å². The van der Waals surface area contributed by atoms with E-state index in [2.05, 4.69) is 10.6 Å². The maximum Gasteiger partial charge on any atom is 0.221 e. The quantitative estimate of drug-likeness (QED) is 0.611. The molecular weight excluding hydrogens is 396 g/mol. The molecule has 0 aliphatic carbocycles. The molecule has 2 amide bonds. The van der Waals surface area contributed by atoms with Crippen molar-refractivity contribution in [3.05, 3.63) is 48.5 Å². The third-order valence-corrected chi connectivity index (χ3v) is 5.25. The smallest absolute Gasteiger partial charge is 0.221 e. The maximum absolute atomic E-state index is 12.1. The van der Waals surface area contributed by atoms with Gasteiger partial charge in [-0.2, -0.15) is 0 Å². The van der Waals surface area contributed by atoms with Gasteiger partial charge in [-0.05, 0) is 48.5 Å². The first-order chi connectivity index (χ1) is 13.7. The lowest BCUT2D eigenvalue weighted by atomic mass is 10.3. The molecule has 2 aromatic carbocycles. The highest BCUT2D eigenvalue weighted by Crippen LogP contribution is 2.17. The summed E-state index contributed by atoms with van der Waals surface area (Å²) in [6, 6.07) is 13.3. The number of amides is 2. The summed E-state index contributed by atoms with van der Waals surface area (Å²) in [6.45, 7) is 2.88. The zero-order valence-electron chi connectivity index (χ0n) is 16.3. The molecule has 0 heterocycles. The number of benzene rings is 2. The van der Waals surface area contributed by atoms with Gasteiger partial charge in [-0.25, -0.2) is 8.42 Å². The van der Waals surface area contributed by atoms with Crippen molar-refractivity contribution in [2.75, 3.05) is 35.4 Å². The van der Waals surface area contributed by atoms with Crippen molar-refractivity contribution in [1.29, 1.82) is 0 Å². The van der Waals surface area contributed by atoms with Crippen LogP contribution in [0, 0.1) is 0 Å². The van der Waals surface area contributed by atoms with Crippen LogP contribution in [0.25, 0.3) is 0 Å². The van der Waals surface area contributed by atoms with Gasteiger partial charge in [-0.3, -0.25) is 9.59 Å². The van der Waals surface area contributed by atoms with Crippen molar-refractivity contribution < 1.29 is 27.5 Å². The number of hydrogen-bond acceptors (Lipinski definition) is 6. The number of anilines is 2. The molecule has 0 saturated heterocycles. The molecule has 0 aliphatic rings. The lowest BCUT2D eigenvalue weighted by molar-refractivity contribution is -0.115. The van der Waals surface area contributed by atoms with Crippen LogP contribution in [-0.2, 0) is 19.4 Å². The summed E-state index contributed by atoms with van der Waals surface area (Å²) in [6.07, 6.45) is 0. The largest absolute Gasteiger partial charge is 0.493 e. The Hall–Kier alpha value is -3.07. The second-order valence-electron chi connectivity index (χ2n) is 6.26. The van der Waals surface area contributed by atoms with E-state index in [-0.39, 0.29) is 36.5 Å². The van der Waals surface area contributed by atoms with E-state index in [1.807, 2.05) is 0 Å². The molecule has 9 heteroatoms. The normalized spacial score (nSPS) is 10.8. The predicted octanol–water partition coefficient (Wildman–Crippen LogP) is 2.48. The van der Waals surface area contributed by atoms with Crippen LogP contribution >= 0.6 is 0 Å². The number of carbonyl (C=O) groups excluding carboxylic acids is 2. The van der Waals surface area contributed by atoms with Gasteiger partial charge in [0.25, 0.3) is 0 Å². The van der Waals surface area contributed by atoms with Crippen LogP contribution in [-0.4, -0.2) is 45.0 Å². The first kappa shape index (κ1) is 22.2. The van der Waals surface area contributed by atoms with Crippen LogP contribution in [0.1, 0.15) is 13.8 Å². The fourth-order valence-electron chi connectivity index (χ4n) is 2.35. The second kappa shape index (κ2) is 10.5. The van der Waals surface area contributed by atoms with Gasteiger partial charge < -0.3 is 20.1 Å². The average molecular weight is 420 g/mol. The topological polar surface area (TPSA) is 111 Å². The van der Waals surface area contributed by atoms with E-state index in [4.69, 9.17) is 9.47 Å². The van der Waals surface area contributed by atoms with Crippen LogP contribution in [0.5, 0.6) is 11.5 Å². The van der Waals surface area contributed by atoms with Crippen molar-refractivity contribution in [3.63, 3.8) is 0 Å². The molecule has 0 bridgehead atoms. The molecule has 2 rings (SSSR count). The number of nitrogens with one attached hydrogen (secondary N) is 2. The highest BCUT2D eigenvalue weighted by atomic mass is 32.2. The first-order valence-corrected chi connectivity index (χ1v) is 10.8. The SMILES string of the molecule is CC(=O)Nc1ccc(OCCS(=O)(=O)CCOc2ccc(NC(C)=O)cc2)cc1. The fraction of sp³-hybridized carbons (Fsp3) is 0.300. The fourth-order valence-corrected chi connectivity index (χ4v) is 3.23. The molecule has 0 saturated carbocycles. The predicted molar refractivity (Wildman–Crippen MR) is 111 cm³/mol. The molecule has 0 fully saturated rings. The van der Waals surface area contributed by atoms with Gasteiger partial charge in [0.2, 0.25) is 11.8 Å². The van der Waals surface area contributed by atoms with Crippen LogP contribution in [0.3, 0.4) is 0 Å². The van der Waals surface area contributed by atoms with Gasteiger partial charge in [-0.15, -0.1) is 0 Å². The van der Waals surface area contributed by atoms with E-state index in [1.165, 1.54) is 13.8 Å². The van der Waals surface area contributed by atoms with E-state index in [9.17, 15) is 18.0 Å². The van der Waals surface area contributed by atoms with Gasteiger partial charge in [0.15, 0.2) is 9.84 Å². The molecule has 0 aromatic heterocycles. The molecule has 0 spiro atoms. The van der Waals surface area contributed by atoms with E-state index in [0.29, 0.717) is 22.9 Å². The third kappa shape index (κ3) is 8.65. The van der Waals surface area contributed by atoms with Crippen molar-refractivity contribution in [3.8, 4) is 11.5 Å². The highest BCUT2D eigenvalue weighted by Gasteiger charge is 2.12. The summed E-state index contributed by atoms with van der Waals surface area (Å²) in [5.74, 6) is 0.428. The molecule has 29 heavy (non-hydrogen) atoms. The zero-order chi connectivity index (χ0) is 21.3. The third-order valence-electron chi connectivity index (χ3n) is 3.68. The van der Waals surface area contributed by atoms with Crippen LogP contribution in [0.4, 0.5) is 11.4 Å². The Balaban J connectivity index is 1.71. The van der Waals surface area contributed by atoms with Gasteiger partial charge >= 0.3 is 0 Å². The summed E-state index contributed by atoms with van der Waals surface area (Å²) in [7, 11) is -3.33. The molecular formula is C20H24N2O6S. The highest BCUT2D eigenvalue weighted by molar-refractivity contribution is 7.91. The Morgan fingerprint density at radius 1 is 0.724 bits per heavy atom. The molecule has 0 atom stereocenters. The van der Waals surface area contributed by atoms with E-state index in [1.54, 1.807) is 48.5 Å². The van der Waals surface area contributed by atoms with E-state index >= 15 is 0 Å². The van der Waals surface area contributed by atoms with Crippen LogP contribution < -0.4 is 20.1 Å². The number of ether oxygens (including phenoxy) is 2. The van der Waals surface area contributed by atoms with Gasteiger partial charge in [0.1, 0.15) is 24.7 Å². The van der Waals surface area contributed by atoms with E-state index < -0.39 is 9.84 Å². The standard InChI is InChI=1S/C20H24N2O6S/c1-15(23)21-17-3-7-19(8-4-17)27-11-13-29(25,26)14-12-28-20-9-5-18(6-10-20)22-16(2)24/h3-10H,11-14H2,1-2H3,(H,21,23)(H,22,24). The van der Waals surface area contributed by atoms with Crippen molar-refractivity contribution >= 4 is 33.0 Å². The van der Waals surface area contributed by atoms with Crippen LogP contribution in [0.15, 0.2) is 48.5 Å². The molecule has 2 N–H and O–H groups in total. The first-order valence-electron chi connectivity index (χ1n) is 8.95. The van der Waals surface area contributed by atoms with Gasteiger partial charge in [0, 0.05) is 25.2 Å². The Kier molecular flexibility index (Phi) is 8.02. The average Bonchev–Trinajstić information content (AvgIpc) is 2.63. The second-order valence-corrected chi connectivity index (χ2v) is 8.56. The minimum Gasteiger partial charge on any atom is -0.493 e. The van der Waals surface area contributed by atoms with Crippen LogP contribution in [0.2, 0.25) is 0 Å². The summed E-state index contributed by atoms with van der Waals surface area (Å²) in [4.78, 5) is 22.0. The molecule has 0 aliphatic heterocycles. The minimum atomic E-state index is -3.33. The van der Waals surface area contributed by atoms with Crippen molar-refractivity contribution in [2.45, 2.75) is 13.8 Å². The summed E-state index contributed by atoms with van der Waals surface area (Å²) >= 11 is 0. The lowest BCUT2D eigenvalue weighted by Crippen LogP contribution is -2.21. The molecule has 0 unspecified atom stereocenters. The lowest BCUT2D eigenvalue weighted by Gasteiger charge is -2.10. The van der Waals surface area contributed by atoms with Crippen molar-refractivity contribution in [1.82, 2.24) is 0 Å². The number of sulfone groups is 1. The molecule has 156 valence electrons. The number of rotatable bonds is 10. The number of hydrogen-bond donors (Lipinski definition) is 2. The van der Waals surface area contributed by atoms with Crippen molar-refractivity contribution in [2.24, 2.45) is 0 Å². The van der Waals surface area contributed by atoms with Gasteiger partial charge in [-0.1, -0.05) is 0 Å². The summed E-state index contributed by atoms with van der Waals surface area (Å²) in [5, 5.41) is 5.28. The molecule has 8 nitrogen and oxygen atoms in total. The Morgan fingerprint density at radius 3 is 1.38 bits per heavy atom. The van der Waals surface area contributed by atoms with E-state index in [0.717, 1.165) is 0 Å². The monoisotopic (exact) mass is 420 g/mol. The maximum atomic E-state index is 12.1. The number of carbonyl (C=O) groups is 2.